The topological polar surface area (TPSA) is 47.3 Å². The van der Waals surface area contributed by atoms with Crippen LogP contribution < -0.4 is 15.8 Å². The van der Waals surface area contributed by atoms with Gasteiger partial charge in [-0.15, -0.1) is 0 Å². The molecule has 4 heteroatoms. The molecular formula is C10H15ClN2O. The minimum atomic E-state index is 0.0265. The van der Waals surface area contributed by atoms with Crippen molar-refractivity contribution in [3.8, 4) is 5.75 Å². The van der Waals surface area contributed by atoms with Gasteiger partial charge in [0.25, 0.3) is 0 Å². The monoisotopic (exact) mass is 214 g/mol. The highest BCUT2D eigenvalue weighted by Crippen LogP contribution is 2.31. The lowest BCUT2D eigenvalue weighted by molar-refractivity contribution is 0.402. The number of hydrogen-bond acceptors (Lipinski definition) is 3. The predicted octanol–water partition coefficient (Wildman–Crippen LogP) is 1.57. The van der Waals surface area contributed by atoms with Crippen molar-refractivity contribution in [2.45, 2.75) is 6.04 Å². The van der Waals surface area contributed by atoms with Crippen LogP contribution in [-0.2, 0) is 0 Å². The number of benzene rings is 1. The summed E-state index contributed by atoms with van der Waals surface area (Å²) in [5, 5.41) is 3.77. The molecule has 1 unspecified atom stereocenters. The van der Waals surface area contributed by atoms with Gasteiger partial charge in [0, 0.05) is 23.2 Å². The lowest BCUT2D eigenvalue weighted by Crippen LogP contribution is -2.25. The quantitative estimate of drug-likeness (QED) is 0.800. The lowest BCUT2D eigenvalue weighted by Gasteiger charge is -2.18. The van der Waals surface area contributed by atoms with Gasteiger partial charge in [-0.1, -0.05) is 17.7 Å². The summed E-state index contributed by atoms with van der Waals surface area (Å²) < 4.78 is 5.23. The minimum Gasteiger partial charge on any atom is -0.496 e. The maximum atomic E-state index is 6.08. The number of halogens is 1. The average Bonchev–Trinajstić information content (AvgIpc) is 2.22. The van der Waals surface area contributed by atoms with Crippen LogP contribution in [0.25, 0.3) is 0 Å². The maximum Gasteiger partial charge on any atom is 0.125 e. The Morgan fingerprint density at radius 1 is 1.57 bits per heavy atom. The van der Waals surface area contributed by atoms with E-state index in [1.54, 1.807) is 7.11 Å². The second-order valence-corrected chi connectivity index (χ2v) is 3.34. The van der Waals surface area contributed by atoms with Crippen LogP contribution in [0, 0.1) is 0 Å². The summed E-state index contributed by atoms with van der Waals surface area (Å²) in [7, 11) is 3.47. The summed E-state index contributed by atoms with van der Waals surface area (Å²) in [6.45, 7) is 0.483. The Labute approximate surface area is 89.2 Å². The van der Waals surface area contributed by atoms with Gasteiger partial charge in [0.15, 0.2) is 0 Å². The van der Waals surface area contributed by atoms with Gasteiger partial charge in [0.05, 0.1) is 7.11 Å². The van der Waals surface area contributed by atoms with Gasteiger partial charge in [-0.05, 0) is 19.2 Å². The summed E-state index contributed by atoms with van der Waals surface area (Å²) in [5.41, 5.74) is 6.55. The molecule has 0 fully saturated rings. The van der Waals surface area contributed by atoms with Crippen LogP contribution in [0.4, 0.5) is 0 Å². The molecule has 0 aromatic heterocycles. The number of methoxy groups -OCH3 is 1. The molecule has 0 aliphatic carbocycles. The van der Waals surface area contributed by atoms with Crippen LogP contribution in [-0.4, -0.2) is 20.7 Å². The molecule has 1 aromatic carbocycles. The molecule has 14 heavy (non-hydrogen) atoms. The number of nitrogens with one attached hydrogen (secondary N) is 1. The van der Waals surface area contributed by atoms with E-state index in [9.17, 15) is 0 Å². The third-order valence-corrected chi connectivity index (χ3v) is 2.50. The fraction of sp³-hybridized carbons (Fsp3) is 0.400. The zero-order chi connectivity index (χ0) is 10.6. The summed E-state index contributed by atoms with van der Waals surface area (Å²) in [5.74, 6) is 0.766. The largest absolute Gasteiger partial charge is 0.496 e. The van der Waals surface area contributed by atoms with E-state index in [0.717, 1.165) is 11.3 Å². The van der Waals surface area contributed by atoms with Crippen molar-refractivity contribution in [1.29, 1.82) is 0 Å². The molecule has 0 aliphatic rings. The van der Waals surface area contributed by atoms with Crippen molar-refractivity contribution in [2.24, 2.45) is 5.73 Å². The number of likely N-dealkylation sites (N-methyl/N-ethyl adjacent to an activating group) is 1. The molecule has 1 rings (SSSR count). The maximum absolute atomic E-state index is 6.08. The molecule has 3 N–H and O–H groups in total. The first-order valence-corrected chi connectivity index (χ1v) is 4.82. The van der Waals surface area contributed by atoms with E-state index < -0.39 is 0 Å². The number of nitrogens with two attached hydrogens (primary N) is 1. The number of rotatable bonds is 4. The van der Waals surface area contributed by atoms with Crippen molar-refractivity contribution in [3.05, 3.63) is 28.8 Å². The van der Waals surface area contributed by atoms with Crippen molar-refractivity contribution in [1.82, 2.24) is 5.32 Å². The molecular weight excluding hydrogens is 200 g/mol. The summed E-state index contributed by atoms with van der Waals surface area (Å²) in [4.78, 5) is 0. The predicted molar refractivity (Wildman–Crippen MR) is 58.9 cm³/mol. The van der Waals surface area contributed by atoms with Crippen LogP contribution in [0.3, 0.4) is 0 Å². The molecule has 0 spiro atoms. The highest BCUT2D eigenvalue weighted by Gasteiger charge is 2.15. The van der Waals surface area contributed by atoms with Crippen LogP contribution in [0.15, 0.2) is 18.2 Å². The Hall–Kier alpha value is -0.770. The van der Waals surface area contributed by atoms with Crippen LogP contribution in [0.1, 0.15) is 11.6 Å². The van der Waals surface area contributed by atoms with Crippen LogP contribution >= 0.6 is 11.6 Å². The molecule has 0 radical (unpaired) electrons. The van der Waals surface area contributed by atoms with E-state index in [1.807, 2.05) is 25.2 Å². The second kappa shape index (κ2) is 5.20. The Kier molecular flexibility index (Phi) is 4.20. The van der Waals surface area contributed by atoms with Gasteiger partial charge in [-0.3, -0.25) is 0 Å². The fourth-order valence-electron chi connectivity index (χ4n) is 1.41. The van der Waals surface area contributed by atoms with E-state index in [2.05, 4.69) is 5.32 Å². The Morgan fingerprint density at radius 2 is 2.29 bits per heavy atom. The average molecular weight is 215 g/mol. The summed E-state index contributed by atoms with van der Waals surface area (Å²) in [6, 6.07) is 5.59. The first-order chi connectivity index (χ1) is 6.74. The Bertz CT molecular complexity index is 300. The summed E-state index contributed by atoms with van der Waals surface area (Å²) in [6.07, 6.45) is 0. The first kappa shape index (κ1) is 11.3. The first-order valence-electron chi connectivity index (χ1n) is 4.44. The van der Waals surface area contributed by atoms with Gasteiger partial charge in [-0.2, -0.15) is 0 Å². The zero-order valence-electron chi connectivity index (χ0n) is 8.38. The van der Waals surface area contributed by atoms with Gasteiger partial charge in [-0.25, -0.2) is 0 Å². The molecule has 0 amide bonds. The molecule has 0 bridgehead atoms. The second-order valence-electron chi connectivity index (χ2n) is 2.93. The van der Waals surface area contributed by atoms with Crippen LogP contribution in [0.5, 0.6) is 5.75 Å². The molecule has 0 aliphatic heterocycles. The molecule has 1 atom stereocenters. The fourth-order valence-corrected chi connectivity index (χ4v) is 1.71. The van der Waals surface area contributed by atoms with Crippen LogP contribution in [0.2, 0.25) is 5.02 Å². The molecule has 0 saturated carbocycles. The third kappa shape index (κ3) is 2.18. The van der Waals surface area contributed by atoms with Gasteiger partial charge in [0.2, 0.25) is 0 Å². The smallest absolute Gasteiger partial charge is 0.125 e. The van der Waals surface area contributed by atoms with E-state index in [4.69, 9.17) is 22.1 Å². The lowest BCUT2D eigenvalue weighted by atomic mass is 10.1. The van der Waals surface area contributed by atoms with Crippen molar-refractivity contribution >= 4 is 11.6 Å². The van der Waals surface area contributed by atoms with E-state index in [0.29, 0.717) is 11.6 Å². The van der Waals surface area contributed by atoms with Gasteiger partial charge >= 0.3 is 0 Å². The van der Waals surface area contributed by atoms with E-state index in [-0.39, 0.29) is 6.04 Å². The van der Waals surface area contributed by atoms with Crippen molar-refractivity contribution in [3.63, 3.8) is 0 Å². The highest BCUT2D eigenvalue weighted by molar-refractivity contribution is 6.31. The number of ether oxygens (including phenoxy) is 1. The van der Waals surface area contributed by atoms with Gasteiger partial charge in [0.1, 0.15) is 5.75 Å². The zero-order valence-corrected chi connectivity index (χ0v) is 9.14. The van der Waals surface area contributed by atoms with E-state index >= 15 is 0 Å². The van der Waals surface area contributed by atoms with Crippen molar-refractivity contribution < 1.29 is 4.74 Å². The third-order valence-electron chi connectivity index (χ3n) is 2.17. The Morgan fingerprint density at radius 3 is 2.79 bits per heavy atom. The van der Waals surface area contributed by atoms with Gasteiger partial charge < -0.3 is 15.8 Å². The molecule has 3 nitrogen and oxygen atoms in total. The molecule has 1 aromatic rings. The number of hydrogen-bond donors (Lipinski definition) is 2. The Balaban J connectivity index is 3.14. The van der Waals surface area contributed by atoms with Crippen molar-refractivity contribution in [2.75, 3.05) is 20.7 Å². The standard InChI is InChI=1S/C10H15ClN2O/c1-13-8(6-12)10-7(11)4-3-5-9(10)14-2/h3-5,8,13H,6,12H2,1-2H3. The summed E-state index contributed by atoms with van der Waals surface area (Å²) >= 11 is 6.08. The molecule has 0 heterocycles. The molecule has 0 saturated heterocycles. The minimum absolute atomic E-state index is 0.0265. The SMILES string of the molecule is CNC(CN)c1c(Cl)cccc1OC. The highest BCUT2D eigenvalue weighted by atomic mass is 35.5. The molecule has 78 valence electrons. The normalized spacial score (nSPS) is 12.6. The van der Waals surface area contributed by atoms with E-state index in [1.165, 1.54) is 0 Å².